The van der Waals surface area contributed by atoms with Gasteiger partial charge >= 0.3 is 5.69 Å². The van der Waals surface area contributed by atoms with Crippen molar-refractivity contribution in [3.05, 3.63) is 15.8 Å². The van der Waals surface area contributed by atoms with Crippen molar-refractivity contribution >= 4 is 11.5 Å². The van der Waals surface area contributed by atoms with Crippen molar-refractivity contribution in [3.8, 4) is 0 Å². The number of hydrogen-bond acceptors (Lipinski definition) is 6. The van der Waals surface area contributed by atoms with Gasteiger partial charge in [0.1, 0.15) is 5.69 Å². The highest BCUT2D eigenvalue weighted by atomic mass is 16.6. The van der Waals surface area contributed by atoms with Crippen molar-refractivity contribution in [2.75, 3.05) is 31.7 Å². The predicted octanol–water partition coefficient (Wildman–Crippen LogP) is 0.0575. The maximum absolute atomic E-state index is 10.8. The third kappa shape index (κ3) is 3.40. The molecule has 8 heteroatoms. The van der Waals surface area contributed by atoms with Crippen LogP contribution in [0.15, 0.2) is 0 Å². The SMILES string of the molecule is Cc1nn(C)c(NCCOCCO)c1[N+](=O)[O-]. The van der Waals surface area contributed by atoms with Crippen molar-refractivity contribution in [3.63, 3.8) is 0 Å². The second-order valence-electron chi connectivity index (χ2n) is 3.43. The van der Waals surface area contributed by atoms with Gasteiger partial charge in [-0.1, -0.05) is 0 Å². The quantitative estimate of drug-likeness (QED) is 0.399. The number of rotatable bonds is 7. The summed E-state index contributed by atoms with van der Waals surface area (Å²) in [6.45, 7) is 2.59. The monoisotopic (exact) mass is 244 g/mol. The molecule has 0 atom stereocenters. The van der Waals surface area contributed by atoms with Gasteiger partial charge < -0.3 is 15.2 Å². The zero-order valence-corrected chi connectivity index (χ0v) is 9.84. The average Bonchev–Trinajstić information content (AvgIpc) is 2.53. The smallest absolute Gasteiger partial charge is 0.333 e. The Hall–Kier alpha value is -1.67. The fourth-order valence-electron chi connectivity index (χ4n) is 1.47. The number of hydrogen-bond donors (Lipinski definition) is 2. The Bertz CT molecular complexity index is 391. The molecule has 0 unspecified atom stereocenters. The summed E-state index contributed by atoms with van der Waals surface area (Å²) in [5, 5.41) is 26.2. The molecule has 17 heavy (non-hydrogen) atoms. The second kappa shape index (κ2) is 6.16. The lowest BCUT2D eigenvalue weighted by Crippen LogP contribution is -2.14. The first kappa shape index (κ1) is 13.4. The van der Waals surface area contributed by atoms with E-state index in [1.807, 2.05) is 0 Å². The Balaban J connectivity index is 2.61. The largest absolute Gasteiger partial charge is 0.394 e. The van der Waals surface area contributed by atoms with Gasteiger partial charge in [0, 0.05) is 13.6 Å². The lowest BCUT2D eigenvalue weighted by Gasteiger charge is -2.06. The van der Waals surface area contributed by atoms with E-state index in [0.29, 0.717) is 24.7 Å². The molecule has 0 fully saturated rings. The van der Waals surface area contributed by atoms with E-state index in [9.17, 15) is 10.1 Å². The van der Waals surface area contributed by atoms with Crippen molar-refractivity contribution in [1.82, 2.24) is 9.78 Å². The first-order valence-corrected chi connectivity index (χ1v) is 5.18. The van der Waals surface area contributed by atoms with Crippen LogP contribution in [0.2, 0.25) is 0 Å². The van der Waals surface area contributed by atoms with Crippen LogP contribution in [0.3, 0.4) is 0 Å². The zero-order chi connectivity index (χ0) is 12.8. The molecule has 0 saturated carbocycles. The first-order chi connectivity index (χ1) is 8.07. The summed E-state index contributed by atoms with van der Waals surface area (Å²) in [7, 11) is 1.64. The standard InChI is InChI=1S/C9H16N4O4/c1-7-8(13(15)16)9(12(2)11-7)10-3-5-17-6-4-14/h10,14H,3-6H2,1-2H3. The van der Waals surface area contributed by atoms with E-state index in [0.717, 1.165) is 0 Å². The van der Waals surface area contributed by atoms with E-state index in [1.54, 1.807) is 14.0 Å². The molecule has 1 rings (SSSR count). The topological polar surface area (TPSA) is 102 Å². The number of nitrogens with zero attached hydrogens (tertiary/aromatic N) is 3. The van der Waals surface area contributed by atoms with Gasteiger partial charge in [0.15, 0.2) is 0 Å². The minimum Gasteiger partial charge on any atom is -0.394 e. The molecule has 0 aliphatic rings. The third-order valence-corrected chi connectivity index (χ3v) is 2.15. The fourth-order valence-corrected chi connectivity index (χ4v) is 1.47. The maximum atomic E-state index is 10.8. The molecule has 1 heterocycles. The summed E-state index contributed by atoms with van der Waals surface area (Å²) >= 11 is 0. The molecule has 0 aromatic carbocycles. The molecule has 1 aromatic rings. The van der Waals surface area contributed by atoms with E-state index in [4.69, 9.17) is 9.84 Å². The summed E-state index contributed by atoms with van der Waals surface area (Å²) in [6.07, 6.45) is 0. The molecule has 0 spiro atoms. The van der Waals surface area contributed by atoms with E-state index < -0.39 is 4.92 Å². The van der Waals surface area contributed by atoms with Crippen LogP contribution >= 0.6 is 0 Å². The second-order valence-corrected chi connectivity index (χ2v) is 3.43. The first-order valence-electron chi connectivity index (χ1n) is 5.18. The van der Waals surface area contributed by atoms with Crippen LogP contribution < -0.4 is 5.32 Å². The zero-order valence-electron chi connectivity index (χ0n) is 9.84. The molecular formula is C9H16N4O4. The van der Waals surface area contributed by atoms with Crippen LogP contribution in [0, 0.1) is 17.0 Å². The molecular weight excluding hydrogens is 228 g/mol. The van der Waals surface area contributed by atoms with Gasteiger partial charge in [-0.2, -0.15) is 5.10 Å². The lowest BCUT2D eigenvalue weighted by molar-refractivity contribution is -0.384. The minimum atomic E-state index is -0.459. The molecule has 96 valence electrons. The molecule has 0 saturated heterocycles. The molecule has 0 radical (unpaired) electrons. The number of aromatic nitrogens is 2. The third-order valence-electron chi connectivity index (χ3n) is 2.15. The molecule has 0 amide bonds. The predicted molar refractivity (Wildman–Crippen MR) is 61.0 cm³/mol. The van der Waals surface area contributed by atoms with Gasteiger partial charge in [0.05, 0.1) is 24.7 Å². The Morgan fingerprint density at radius 1 is 1.59 bits per heavy atom. The minimum absolute atomic E-state index is 0.0188. The van der Waals surface area contributed by atoms with E-state index in [1.165, 1.54) is 4.68 Å². The molecule has 0 aliphatic heterocycles. The van der Waals surface area contributed by atoms with Crippen molar-refractivity contribution < 1.29 is 14.8 Å². The highest BCUT2D eigenvalue weighted by molar-refractivity contribution is 5.59. The number of nitrogens with one attached hydrogen (secondary N) is 1. The van der Waals surface area contributed by atoms with Gasteiger partial charge in [-0.05, 0) is 6.92 Å². The van der Waals surface area contributed by atoms with Gasteiger partial charge in [-0.3, -0.25) is 10.1 Å². The summed E-state index contributed by atoms with van der Waals surface area (Å²) in [4.78, 5) is 10.4. The summed E-state index contributed by atoms with van der Waals surface area (Å²) in [5.74, 6) is 0.361. The molecule has 1 aromatic heterocycles. The Labute approximate surface area is 98.3 Å². The van der Waals surface area contributed by atoms with Crippen LogP contribution in [-0.2, 0) is 11.8 Å². The number of ether oxygens (including phenoxy) is 1. The normalized spacial score (nSPS) is 10.5. The highest BCUT2D eigenvalue weighted by Gasteiger charge is 2.23. The summed E-state index contributed by atoms with van der Waals surface area (Å²) in [6, 6.07) is 0. The molecule has 2 N–H and O–H groups in total. The van der Waals surface area contributed by atoms with Crippen molar-refractivity contribution in [2.24, 2.45) is 7.05 Å². The summed E-state index contributed by atoms with van der Waals surface area (Å²) < 4.78 is 6.47. The maximum Gasteiger partial charge on any atom is 0.333 e. The van der Waals surface area contributed by atoms with Gasteiger partial charge in [0.2, 0.25) is 5.82 Å². The van der Waals surface area contributed by atoms with Crippen molar-refractivity contribution in [1.29, 1.82) is 0 Å². The molecule has 0 bridgehead atoms. The molecule has 0 aliphatic carbocycles. The van der Waals surface area contributed by atoms with Crippen LogP contribution in [0.1, 0.15) is 5.69 Å². The van der Waals surface area contributed by atoms with Crippen LogP contribution in [0.25, 0.3) is 0 Å². The van der Waals surface area contributed by atoms with E-state index >= 15 is 0 Å². The van der Waals surface area contributed by atoms with Crippen LogP contribution in [0.4, 0.5) is 11.5 Å². The van der Waals surface area contributed by atoms with Gasteiger partial charge in [-0.25, -0.2) is 4.68 Å². The van der Waals surface area contributed by atoms with Crippen LogP contribution in [-0.4, -0.2) is 46.2 Å². The van der Waals surface area contributed by atoms with E-state index in [2.05, 4.69) is 10.4 Å². The Morgan fingerprint density at radius 3 is 2.88 bits per heavy atom. The number of aliphatic hydroxyl groups is 1. The van der Waals surface area contributed by atoms with Crippen molar-refractivity contribution in [2.45, 2.75) is 6.92 Å². The highest BCUT2D eigenvalue weighted by Crippen LogP contribution is 2.26. The number of anilines is 1. The summed E-state index contributed by atoms with van der Waals surface area (Å²) in [5.41, 5.74) is 0.353. The molecule has 8 nitrogen and oxygen atoms in total. The fraction of sp³-hybridized carbons (Fsp3) is 0.667. The average molecular weight is 244 g/mol. The number of nitro groups is 1. The number of aryl methyl sites for hydroxylation is 2. The Kier molecular flexibility index (Phi) is 4.85. The number of aliphatic hydroxyl groups excluding tert-OH is 1. The van der Waals surface area contributed by atoms with Crippen LogP contribution in [0.5, 0.6) is 0 Å². The van der Waals surface area contributed by atoms with Gasteiger partial charge in [0.25, 0.3) is 0 Å². The lowest BCUT2D eigenvalue weighted by atomic mass is 10.4. The van der Waals surface area contributed by atoms with E-state index in [-0.39, 0.29) is 18.9 Å². The van der Waals surface area contributed by atoms with Gasteiger partial charge in [-0.15, -0.1) is 0 Å². The Morgan fingerprint density at radius 2 is 2.29 bits per heavy atom.